The van der Waals surface area contributed by atoms with E-state index in [4.69, 9.17) is 11.6 Å². The van der Waals surface area contributed by atoms with Crippen LogP contribution >= 0.6 is 23.4 Å². The Morgan fingerprint density at radius 1 is 0.889 bits per heavy atom. The van der Waals surface area contributed by atoms with E-state index in [9.17, 15) is 9.59 Å². The SMILES string of the molecule is CC(C)CNC(=O)[C@@H](Cc1ccccc1)N(Cc1cccc(Cl)c1)C(=O)CCSCc1ccccc1. The van der Waals surface area contributed by atoms with E-state index in [2.05, 4.69) is 31.3 Å². The first kappa shape index (κ1) is 27.8. The second-order valence-corrected chi connectivity index (χ2v) is 10.8. The molecule has 4 nitrogen and oxygen atoms in total. The van der Waals surface area contributed by atoms with Gasteiger partial charge in [0, 0.05) is 42.5 Å². The lowest BCUT2D eigenvalue weighted by molar-refractivity contribution is -0.141. The van der Waals surface area contributed by atoms with Gasteiger partial charge in [0.15, 0.2) is 0 Å². The molecule has 1 atom stereocenters. The Morgan fingerprint density at radius 3 is 2.17 bits per heavy atom. The molecule has 0 radical (unpaired) electrons. The summed E-state index contributed by atoms with van der Waals surface area (Å²) >= 11 is 7.97. The van der Waals surface area contributed by atoms with Gasteiger partial charge in [-0.25, -0.2) is 0 Å². The molecule has 0 unspecified atom stereocenters. The fraction of sp³-hybridized carbons (Fsp3) is 0.333. The monoisotopic (exact) mass is 522 g/mol. The largest absolute Gasteiger partial charge is 0.354 e. The highest BCUT2D eigenvalue weighted by molar-refractivity contribution is 7.98. The van der Waals surface area contributed by atoms with Crippen LogP contribution in [0.1, 0.15) is 37.0 Å². The van der Waals surface area contributed by atoms with Crippen molar-refractivity contribution in [2.24, 2.45) is 5.92 Å². The summed E-state index contributed by atoms with van der Waals surface area (Å²) in [6.07, 6.45) is 0.815. The fourth-order valence-electron chi connectivity index (χ4n) is 3.88. The number of rotatable bonds is 13. The van der Waals surface area contributed by atoms with Crippen LogP contribution in [0.2, 0.25) is 5.02 Å². The van der Waals surface area contributed by atoms with Gasteiger partial charge in [-0.3, -0.25) is 9.59 Å². The van der Waals surface area contributed by atoms with E-state index in [0.29, 0.717) is 42.6 Å². The highest BCUT2D eigenvalue weighted by Gasteiger charge is 2.30. The van der Waals surface area contributed by atoms with Crippen LogP contribution in [0.15, 0.2) is 84.9 Å². The number of hydrogen-bond acceptors (Lipinski definition) is 3. The van der Waals surface area contributed by atoms with Crippen molar-refractivity contribution >= 4 is 35.2 Å². The van der Waals surface area contributed by atoms with Gasteiger partial charge in [-0.1, -0.05) is 98.2 Å². The van der Waals surface area contributed by atoms with Crippen LogP contribution in [0.5, 0.6) is 0 Å². The van der Waals surface area contributed by atoms with Crippen molar-refractivity contribution in [3.8, 4) is 0 Å². The summed E-state index contributed by atoms with van der Waals surface area (Å²) in [5, 5.41) is 3.67. The van der Waals surface area contributed by atoms with Crippen LogP contribution in [0.3, 0.4) is 0 Å². The Bertz CT molecular complexity index is 1090. The maximum atomic E-state index is 13.6. The van der Waals surface area contributed by atoms with E-state index in [1.165, 1.54) is 5.56 Å². The molecule has 0 fully saturated rings. The molecule has 0 aliphatic carbocycles. The number of thioether (sulfide) groups is 1. The molecule has 3 rings (SSSR count). The molecular weight excluding hydrogens is 488 g/mol. The molecular formula is C30H35ClN2O2S. The third-order valence-corrected chi connectivity index (χ3v) is 7.03. The number of hydrogen-bond donors (Lipinski definition) is 1. The van der Waals surface area contributed by atoms with Gasteiger partial charge >= 0.3 is 0 Å². The first-order valence-electron chi connectivity index (χ1n) is 12.4. The third kappa shape index (κ3) is 9.36. The second-order valence-electron chi connectivity index (χ2n) is 9.28. The number of carbonyl (C=O) groups excluding carboxylic acids is 2. The standard InChI is InChI=1S/C30H35ClN2O2S/c1-23(2)20-32-30(35)28(19-24-10-5-3-6-11-24)33(21-26-14-9-15-27(31)18-26)29(34)16-17-36-22-25-12-7-4-8-13-25/h3-15,18,23,28H,16-17,19-22H2,1-2H3,(H,32,35)/t28-/m1/s1. The summed E-state index contributed by atoms with van der Waals surface area (Å²) < 4.78 is 0. The molecule has 0 spiro atoms. The zero-order valence-electron chi connectivity index (χ0n) is 21.0. The summed E-state index contributed by atoms with van der Waals surface area (Å²) in [5.41, 5.74) is 3.16. The van der Waals surface area contributed by atoms with Gasteiger partial charge in [-0.15, -0.1) is 0 Å². The quantitative estimate of drug-likeness (QED) is 0.265. The minimum absolute atomic E-state index is 0.0313. The minimum Gasteiger partial charge on any atom is -0.354 e. The summed E-state index contributed by atoms with van der Waals surface area (Å²) in [6, 6.07) is 27.0. The van der Waals surface area contributed by atoms with Crippen LogP contribution < -0.4 is 5.32 Å². The summed E-state index contributed by atoms with van der Waals surface area (Å²) in [4.78, 5) is 28.8. The molecule has 0 bridgehead atoms. The molecule has 3 aromatic rings. The second kappa shape index (κ2) is 14.7. The van der Waals surface area contributed by atoms with Crippen LogP contribution in [-0.2, 0) is 28.3 Å². The number of carbonyl (C=O) groups is 2. The molecule has 0 aliphatic heterocycles. The Hall–Kier alpha value is -2.76. The molecule has 1 N–H and O–H groups in total. The van der Waals surface area contributed by atoms with Gasteiger partial charge < -0.3 is 10.2 Å². The number of halogens is 1. The molecule has 0 saturated carbocycles. The van der Waals surface area contributed by atoms with Crippen molar-refractivity contribution in [2.45, 2.75) is 45.0 Å². The van der Waals surface area contributed by atoms with E-state index in [1.54, 1.807) is 16.7 Å². The maximum absolute atomic E-state index is 13.6. The first-order chi connectivity index (χ1) is 17.4. The lowest BCUT2D eigenvalue weighted by atomic mass is 10.0. The smallest absolute Gasteiger partial charge is 0.243 e. The third-order valence-electron chi connectivity index (χ3n) is 5.77. The zero-order chi connectivity index (χ0) is 25.8. The normalized spacial score (nSPS) is 11.8. The van der Waals surface area contributed by atoms with Crippen LogP contribution in [-0.4, -0.2) is 35.1 Å². The average molecular weight is 523 g/mol. The van der Waals surface area contributed by atoms with E-state index in [1.807, 2.05) is 72.8 Å². The topological polar surface area (TPSA) is 49.4 Å². The zero-order valence-corrected chi connectivity index (χ0v) is 22.6. The van der Waals surface area contributed by atoms with E-state index >= 15 is 0 Å². The number of benzene rings is 3. The highest BCUT2D eigenvalue weighted by Crippen LogP contribution is 2.20. The van der Waals surface area contributed by atoms with Gasteiger partial charge in [-0.05, 0) is 34.7 Å². The van der Waals surface area contributed by atoms with Gasteiger partial charge in [-0.2, -0.15) is 11.8 Å². The van der Waals surface area contributed by atoms with E-state index < -0.39 is 6.04 Å². The molecule has 0 saturated heterocycles. The van der Waals surface area contributed by atoms with Crippen LogP contribution in [0.25, 0.3) is 0 Å². The average Bonchev–Trinajstić information content (AvgIpc) is 2.88. The van der Waals surface area contributed by atoms with Gasteiger partial charge in [0.1, 0.15) is 6.04 Å². The molecule has 0 aliphatic rings. The summed E-state index contributed by atoms with van der Waals surface area (Å²) in [6.45, 7) is 5.02. The number of nitrogens with one attached hydrogen (secondary N) is 1. The molecule has 0 heterocycles. The predicted octanol–water partition coefficient (Wildman–Crippen LogP) is 6.38. The van der Waals surface area contributed by atoms with Crippen molar-refractivity contribution in [3.05, 3.63) is 107 Å². The number of amides is 2. The first-order valence-corrected chi connectivity index (χ1v) is 13.9. The van der Waals surface area contributed by atoms with Crippen LogP contribution in [0.4, 0.5) is 0 Å². The molecule has 0 aromatic heterocycles. The summed E-state index contributed by atoms with van der Waals surface area (Å²) in [5.74, 6) is 1.70. The van der Waals surface area contributed by atoms with Gasteiger partial charge in [0.2, 0.25) is 11.8 Å². The molecule has 190 valence electrons. The lowest BCUT2D eigenvalue weighted by Gasteiger charge is -2.32. The van der Waals surface area contributed by atoms with Crippen molar-refractivity contribution in [3.63, 3.8) is 0 Å². The predicted molar refractivity (Wildman–Crippen MR) is 151 cm³/mol. The summed E-state index contributed by atoms with van der Waals surface area (Å²) in [7, 11) is 0. The molecule has 6 heteroatoms. The van der Waals surface area contributed by atoms with Gasteiger partial charge in [0.25, 0.3) is 0 Å². The fourth-order valence-corrected chi connectivity index (χ4v) is 4.98. The Morgan fingerprint density at radius 2 is 1.53 bits per heavy atom. The molecule has 2 amide bonds. The van der Waals surface area contributed by atoms with Crippen molar-refractivity contribution in [1.29, 1.82) is 0 Å². The lowest BCUT2D eigenvalue weighted by Crippen LogP contribution is -2.51. The van der Waals surface area contributed by atoms with Gasteiger partial charge in [0.05, 0.1) is 0 Å². The molecule has 3 aromatic carbocycles. The Kier molecular flexibility index (Phi) is 11.4. The Balaban J connectivity index is 1.79. The van der Waals surface area contributed by atoms with Crippen molar-refractivity contribution in [1.82, 2.24) is 10.2 Å². The van der Waals surface area contributed by atoms with Crippen LogP contribution in [0, 0.1) is 5.92 Å². The highest BCUT2D eigenvalue weighted by atomic mass is 35.5. The van der Waals surface area contributed by atoms with E-state index in [0.717, 1.165) is 16.9 Å². The maximum Gasteiger partial charge on any atom is 0.243 e. The van der Waals surface area contributed by atoms with Crippen molar-refractivity contribution in [2.75, 3.05) is 12.3 Å². The van der Waals surface area contributed by atoms with Crippen molar-refractivity contribution < 1.29 is 9.59 Å². The molecule has 36 heavy (non-hydrogen) atoms. The number of nitrogens with zero attached hydrogens (tertiary/aromatic N) is 1. The Labute approximate surface area is 224 Å². The van der Waals surface area contributed by atoms with E-state index in [-0.39, 0.29) is 11.8 Å². The minimum atomic E-state index is -0.614.